The Morgan fingerprint density at radius 3 is 2.41 bits per heavy atom. The highest BCUT2D eigenvalue weighted by molar-refractivity contribution is 5.23. The second-order valence-corrected chi connectivity index (χ2v) is 5.64. The molecule has 0 spiro atoms. The Hall–Kier alpha value is -0.890. The first-order chi connectivity index (χ1) is 8.08. The molecule has 2 N–H and O–H groups in total. The van der Waals surface area contributed by atoms with Gasteiger partial charge in [0.15, 0.2) is 0 Å². The van der Waals surface area contributed by atoms with E-state index in [0.717, 1.165) is 18.8 Å². The number of hydrogen-bond donors (Lipinski definition) is 1. The zero-order valence-electron chi connectivity index (χ0n) is 10.7. The summed E-state index contributed by atoms with van der Waals surface area (Å²) in [6.07, 6.45) is 3.46. The van der Waals surface area contributed by atoms with Crippen molar-refractivity contribution in [3.05, 3.63) is 35.6 Å². The van der Waals surface area contributed by atoms with Crippen LogP contribution in [0.25, 0.3) is 0 Å². The van der Waals surface area contributed by atoms with E-state index in [1.165, 1.54) is 12.0 Å². The van der Waals surface area contributed by atoms with Crippen molar-refractivity contribution in [2.24, 2.45) is 17.6 Å². The predicted molar refractivity (Wildman–Crippen MR) is 69.3 cm³/mol. The summed E-state index contributed by atoms with van der Waals surface area (Å²) in [5.74, 6) is 1.70. The molecule has 1 aliphatic carbocycles. The average molecular weight is 235 g/mol. The lowest BCUT2D eigenvalue weighted by atomic mass is 9.71. The van der Waals surface area contributed by atoms with Crippen LogP contribution in [0.5, 0.6) is 0 Å². The third-order valence-corrected chi connectivity index (χ3v) is 4.19. The molecule has 94 valence electrons. The summed E-state index contributed by atoms with van der Waals surface area (Å²) in [6, 6.07) is 7.10. The van der Waals surface area contributed by atoms with Crippen molar-refractivity contribution in [1.82, 2.24) is 0 Å². The Morgan fingerprint density at radius 1 is 1.18 bits per heavy atom. The van der Waals surface area contributed by atoms with Gasteiger partial charge in [0.05, 0.1) is 0 Å². The fourth-order valence-corrected chi connectivity index (χ4v) is 2.93. The minimum Gasteiger partial charge on any atom is -0.327 e. The van der Waals surface area contributed by atoms with E-state index in [1.807, 2.05) is 12.1 Å². The van der Waals surface area contributed by atoms with E-state index in [1.54, 1.807) is 12.1 Å². The molecule has 0 aromatic heterocycles. The van der Waals surface area contributed by atoms with Gasteiger partial charge in [-0.05, 0) is 54.7 Å². The molecule has 17 heavy (non-hydrogen) atoms. The topological polar surface area (TPSA) is 26.0 Å². The minimum atomic E-state index is -0.168. The summed E-state index contributed by atoms with van der Waals surface area (Å²) < 4.78 is 12.9. The normalized spacial score (nSPS) is 29.6. The van der Waals surface area contributed by atoms with Crippen LogP contribution < -0.4 is 5.73 Å². The van der Waals surface area contributed by atoms with Crippen LogP contribution in [-0.4, -0.2) is 6.04 Å². The van der Waals surface area contributed by atoms with E-state index in [2.05, 4.69) is 13.8 Å². The van der Waals surface area contributed by atoms with Gasteiger partial charge < -0.3 is 5.73 Å². The van der Waals surface area contributed by atoms with Gasteiger partial charge in [0.1, 0.15) is 5.82 Å². The molecule has 0 bridgehead atoms. The van der Waals surface area contributed by atoms with Gasteiger partial charge in [-0.3, -0.25) is 0 Å². The molecule has 0 aliphatic heterocycles. The largest absolute Gasteiger partial charge is 0.327 e. The second kappa shape index (κ2) is 5.18. The molecule has 2 rings (SSSR count). The number of benzene rings is 1. The molecule has 1 aromatic carbocycles. The molecule has 2 heteroatoms. The highest BCUT2D eigenvalue weighted by atomic mass is 19.1. The maximum absolute atomic E-state index is 12.9. The Labute approximate surface area is 103 Å². The van der Waals surface area contributed by atoms with Crippen LogP contribution >= 0.6 is 0 Å². The molecule has 1 saturated carbocycles. The first-order valence-corrected chi connectivity index (χ1v) is 6.59. The SMILES string of the molecule is CC(C)C1CCC(N)C(c2ccc(F)cc2)C1. The number of hydrogen-bond acceptors (Lipinski definition) is 1. The molecule has 0 heterocycles. The Kier molecular flexibility index (Phi) is 3.82. The Morgan fingerprint density at radius 2 is 1.82 bits per heavy atom. The molecular weight excluding hydrogens is 213 g/mol. The lowest BCUT2D eigenvalue weighted by Gasteiger charge is -2.36. The third kappa shape index (κ3) is 2.86. The Balaban J connectivity index is 2.15. The maximum Gasteiger partial charge on any atom is 0.123 e. The summed E-state index contributed by atoms with van der Waals surface area (Å²) in [5.41, 5.74) is 7.42. The number of rotatable bonds is 2. The van der Waals surface area contributed by atoms with Crippen LogP contribution in [0, 0.1) is 17.7 Å². The molecule has 1 nitrogen and oxygen atoms in total. The van der Waals surface area contributed by atoms with Gasteiger partial charge in [-0.1, -0.05) is 26.0 Å². The fourth-order valence-electron chi connectivity index (χ4n) is 2.93. The molecule has 0 saturated heterocycles. The van der Waals surface area contributed by atoms with Crippen molar-refractivity contribution in [2.75, 3.05) is 0 Å². The van der Waals surface area contributed by atoms with Crippen LogP contribution in [0.3, 0.4) is 0 Å². The van der Waals surface area contributed by atoms with Gasteiger partial charge in [0.2, 0.25) is 0 Å². The molecular formula is C15H22FN. The first kappa shape index (κ1) is 12.6. The van der Waals surface area contributed by atoms with Crippen LogP contribution in [-0.2, 0) is 0 Å². The van der Waals surface area contributed by atoms with E-state index in [0.29, 0.717) is 11.8 Å². The van der Waals surface area contributed by atoms with E-state index in [9.17, 15) is 4.39 Å². The van der Waals surface area contributed by atoms with Crippen LogP contribution in [0.15, 0.2) is 24.3 Å². The molecule has 1 fully saturated rings. The van der Waals surface area contributed by atoms with Crippen LogP contribution in [0.1, 0.15) is 44.6 Å². The minimum absolute atomic E-state index is 0.168. The third-order valence-electron chi connectivity index (χ3n) is 4.19. The maximum atomic E-state index is 12.9. The monoisotopic (exact) mass is 235 g/mol. The summed E-state index contributed by atoms with van der Waals surface area (Å²) in [6.45, 7) is 4.56. The summed E-state index contributed by atoms with van der Waals surface area (Å²) in [5, 5.41) is 0. The van der Waals surface area contributed by atoms with Crippen molar-refractivity contribution in [2.45, 2.75) is 45.1 Å². The van der Waals surface area contributed by atoms with Crippen molar-refractivity contribution < 1.29 is 4.39 Å². The lowest BCUT2D eigenvalue weighted by Crippen LogP contribution is -2.35. The van der Waals surface area contributed by atoms with Gasteiger partial charge in [-0.2, -0.15) is 0 Å². The molecule has 0 radical (unpaired) electrons. The summed E-state index contributed by atoms with van der Waals surface area (Å²) in [4.78, 5) is 0. The molecule has 3 atom stereocenters. The quantitative estimate of drug-likeness (QED) is 0.831. The van der Waals surface area contributed by atoms with Gasteiger partial charge in [-0.15, -0.1) is 0 Å². The smallest absolute Gasteiger partial charge is 0.123 e. The van der Waals surface area contributed by atoms with Gasteiger partial charge in [0.25, 0.3) is 0 Å². The van der Waals surface area contributed by atoms with E-state index in [-0.39, 0.29) is 11.9 Å². The van der Waals surface area contributed by atoms with Crippen LogP contribution in [0.2, 0.25) is 0 Å². The van der Waals surface area contributed by atoms with Gasteiger partial charge >= 0.3 is 0 Å². The molecule has 0 amide bonds. The highest BCUT2D eigenvalue weighted by Gasteiger charge is 2.30. The van der Waals surface area contributed by atoms with Crippen LogP contribution in [0.4, 0.5) is 4.39 Å². The van der Waals surface area contributed by atoms with Gasteiger partial charge in [-0.25, -0.2) is 4.39 Å². The first-order valence-electron chi connectivity index (χ1n) is 6.59. The molecule has 3 unspecified atom stereocenters. The standard InChI is InChI=1S/C15H22FN/c1-10(2)12-5-8-15(17)14(9-12)11-3-6-13(16)7-4-11/h3-4,6-7,10,12,14-15H,5,8-9,17H2,1-2H3. The highest BCUT2D eigenvalue weighted by Crippen LogP contribution is 2.38. The van der Waals surface area contributed by atoms with Crippen molar-refractivity contribution in [3.8, 4) is 0 Å². The number of nitrogens with two attached hydrogens (primary N) is 1. The van der Waals surface area contributed by atoms with Crippen molar-refractivity contribution >= 4 is 0 Å². The fraction of sp³-hybridized carbons (Fsp3) is 0.600. The zero-order valence-corrected chi connectivity index (χ0v) is 10.7. The summed E-state index contributed by atoms with van der Waals surface area (Å²) >= 11 is 0. The zero-order chi connectivity index (χ0) is 12.4. The number of halogens is 1. The average Bonchev–Trinajstić information content (AvgIpc) is 2.31. The summed E-state index contributed by atoms with van der Waals surface area (Å²) in [7, 11) is 0. The Bertz CT molecular complexity index is 358. The predicted octanol–water partition coefficient (Wildman–Crippen LogP) is 3.69. The van der Waals surface area contributed by atoms with E-state index in [4.69, 9.17) is 5.73 Å². The van der Waals surface area contributed by atoms with Crippen molar-refractivity contribution in [3.63, 3.8) is 0 Å². The lowest BCUT2D eigenvalue weighted by molar-refractivity contribution is 0.232. The second-order valence-electron chi connectivity index (χ2n) is 5.64. The van der Waals surface area contributed by atoms with Gasteiger partial charge in [0, 0.05) is 6.04 Å². The van der Waals surface area contributed by atoms with E-state index < -0.39 is 0 Å². The van der Waals surface area contributed by atoms with Crippen molar-refractivity contribution in [1.29, 1.82) is 0 Å². The molecule has 1 aliphatic rings. The molecule has 1 aromatic rings. The van der Waals surface area contributed by atoms with E-state index >= 15 is 0 Å².